The standard InChI is InChI=1S/C44H28S/c1-2-12-29-27(11-1)23-38(32-15-5-3-13-30(29)32)40-26-41-33-16-6-4-14-31(33)37(25-39(41)34-17-7-8-18-35(34)40)28-21-22-44-42(24-28)36-19-9-10-20-43(36)45-44/h1-26,42,44H. The molecule has 2 unspecified atom stereocenters. The van der Waals surface area contributed by atoms with Crippen LogP contribution < -0.4 is 0 Å². The smallest absolute Gasteiger partial charge is 0.0381 e. The first kappa shape index (κ1) is 25.2. The van der Waals surface area contributed by atoms with Crippen molar-refractivity contribution in [3.63, 3.8) is 0 Å². The molecule has 210 valence electrons. The fourth-order valence-corrected chi connectivity index (χ4v) is 9.24. The molecule has 10 rings (SSSR count). The molecule has 0 N–H and O–H groups in total. The minimum atomic E-state index is 0.404. The Balaban J connectivity index is 1.27. The summed E-state index contributed by atoms with van der Waals surface area (Å²) < 4.78 is 0. The van der Waals surface area contributed by atoms with Crippen LogP contribution in [0.25, 0.3) is 70.6 Å². The molecule has 0 saturated heterocycles. The van der Waals surface area contributed by atoms with Gasteiger partial charge in [0.15, 0.2) is 0 Å². The molecule has 1 aliphatic carbocycles. The highest BCUT2D eigenvalue weighted by Gasteiger charge is 2.32. The van der Waals surface area contributed by atoms with Crippen LogP contribution in [-0.4, -0.2) is 5.25 Å². The first-order chi connectivity index (χ1) is 22.3. The number of fused-ring (bicyclic) bond motifs is 11. The van der Waals surface area contributed by atoms with E-state index in [9.17, 15) is 0 Å². The molecule has 0 amide bonds. The summed E-state index contributed by atoms with van der Waals surface area (Å²) in [7, 11) is 0. The summed E-state index contributed by atoms with van der Waals surface area (Å²) in [4.78, 5) is 1.41. The zero-order valence-electron chi connectivity index (χ0n) is 24.6. The Labute approximate surface area is 266 Å². The fourth-order valence-electron chi connectivity index (χ4n) is 7.92. The predicted octanol–water partition coefficient (Wildman–Crippen LogP) is 12.3. The van der Waals surface area contributed by atoms with Crippen molar-refractivity contribution in [1.29, 1.82) is 0 Å². The lowest BCUT2D eigenvalue weighted by atomic mass is 9.83. The van der Waals surface area contributed by atoms with Crippen LogP contribution in [0.4, 0.5) is 0 Å². The van der Waals surface area contributed by atoms with Crippen LogP contribution in [0.2, 0.25) is 0 Å². The zero-order chi connectivity index (χ0) is 29.5. The lowest BCUT2D eigenvalue weighted by molar-refractivity contribution is 0.884. The quantitative estimate of drug-likeness (QED) is 0.181. The van der Waals surface area contributed by atoms with Gasteiger partial charge in [0, 0.05) is 16.1 Å². The molecular weight excluding hydrogens is 561 g/mol. The number of rotatable bonds is 2. The number of benzene rings is 8. The van der Waals surface area contributed by atoms with Crippen molar-refractivity contribution in [1.82, 2.24) is 0 Å². The Morgan fingerprint density at radius 2 is 0.933 bits per heavy atom. The van der Waals surface area contributed by atoms with Gasteiger partial charge in [-0.25, -0.2) is 0 Å². The summed E-state index contributed by atoms with van der Waals surface area (Å²) >= 11 is 1.99. The molecule has 1 aliphatic heterocycles. The van der Waals surface area contributed by atoms with Crippen LogP contribution in [0.5, 0.6) is 0 Å². The van der Waals surface area contributed by atoms with E-state index in [0.29, 0.717) is 11.2 Å². The van der Waals surface area contributed by atoms with Crippen LogP contribution in [0.3, 0.4) is 0 Å². The number of hydrogen-bond acceptors (Lipinski definition) is 1. The van der Waals surface area contributed by atoms with Gasteiger partial charge in [-0.1, -0.05) is 133 Å². The van der Waals surface area contributed by atoms with Crippen LogP contribution in [0, 0.1) is 0 Å². The van der Waals surface area contributed by atoms with E-state index in [4.69, 9.17) is 0 Å². The maximum absolute atomic E-state index is 2.52. The van der Waals surface area contributed by atoms with Gasteiger partial charge < -0.3 is 0 Å². The average Bonchev–Trinajstić information content (AvgIpc) is 3.48. The summed E-state index contributed by atoms with van der Waals surface area (Å²) in [6, 6.07) is 51.9. The molecule has 0 bridgehead atoms. The second kappa shape index (κ2) is 9.69. The Hall–Kier alpha value is -5.11. The summed E-state index contributed by atoms with van der Waals surface area (Å²) in [5, 5.41) is 13.5. The highest BCUT2D eigenvalue weighted by molar-refractivity contribution is 8.00. The zero-order valence-corrected chi connectivity index (χ0v) is 25.4. The van der Waals surface area contributed by atoms with Gasteiger partial charge >= 0.3 is 0 Å². The van der Waals surface area contributed by atoms with Gasteiger partial charge in [-0.2, -0.15) is 0 Å². The molecule has 0 spiro atoms. The number of thioether (sulfide) groups is 1. The van der Waals surface area contributed by atoms with Crippen molar-refractivity contribution in [3.05, 3.63) is 169 Å². The van der Waals surface area contributed by atoms with E-state index < -0.39 is 0 Å². The van der Waals surface area contributed by atoms with Gasteiger partial charge in [0.25, 0.3) is 0 Å². The second-order valence-corrected chi connectivity index (χ2v) is 13.6. The van der Waals surface area contributed by atoms with Gasteiger partial charge in [0.05, 0.1) is 0 Å². The summed E-state index contributed by atoms with van der Waals surface area (Å²) in [6.07, 6.45) is 7.32. The summed E-state index contributed by atoms with van der Waals surface area (Å²) in [6.45, 7) is 0. The second-order valence-electron chi connectivity index (χ2n) is 12.4. The molecule has 0 saturated carbocycles. The monoisotopic (exact) mass is 588 g/mol. The van der Waals surface area contributed by atoms with Crippen LogP contribution in [-0.2, 0) is 0 Å². The van der Waals surface area contributed by atoms with E-state index >= 15 is 0 Å². The van der Waals surface area contributed by atoms with Gasteiger partial charge in [0.2, 0.25) is 0 Å². The van der Waals surface area contributed by atoms with E-state index in [0.717, 1.165) is 0 Å². The Kier molecular flexibility index (Phi) is 5.44. The summed E-state index contributed by atoms with van der Waals surface area (Å²) in [5.74, 6) is 0.404. The van der Waals surface area contributed by atoms with Crippen molar-refractivity contribution in [2.75, 3.05) is 0 Å². The summed E-state index contributed by atoms with van der Waals surface area (Å²) in [5.41, 5.74) is 6.67. The molecule has 8 aromatic rings. The maximum atomic E-state index is 2.52. The van der Waals surface area contributed by atoms with Crippen LogP contribution >= 0.6 is 11.8 Å². The van der Waals surface area contributed by atoms with E-state index in [1.165, 1.54) is 86.6 Å². The first-order valence-electron chi connectivity index (χ1n) is 15.8. The van der Waals surface area contributed by atoms with E-state index in [-0.39, 0.29) is 0 Å². The van der Waals surface area contributed by atoms with Gasteiger partial charge in [-0.05, 0) is 106 Å². The molecule has 1 heteroatoms. The highest BCUT2D eigenvalue weighted by atomic mass is 32.2. The van der Waals surface area contributed by atoms with Crippen molar-refractivity contribution >= 4 is 71.2 Å². The largest absolute Gasteiger partial charge is 0.117 e. The van der Waals surface area contributed by atoms with E-state index in [1.807, 2.05) is 11.8 Å². The SMILES string of the molecule is C1=CC2Sc3ccccc3C2C=C1c1cc2c3ccccc3c(-c3cc4ccccc4c4ccccc34)cc2c2ccccc12. The Morgan fingerprint density at radius 3 is 1.64 bits per heavy atom. The van der Waals surface area contributed by atoms with Crippen molar-refractivity contribution in [2.45, 2.75) is 16.1 Å². The first-order valence-corrected chi connectivity index (χ1v) is 16.6. The fraction of sp³-hybridized carbons (Fsp3) is 0.0455. The minimum Gasteiger partial charge on any atom is -0.117 e. The van der Waals surface area contributed by atoms with Crippen molar-refractivity contribution < 1.29 is 0 Å². The van der Waals surface area contributed by atoms with Crippen LogP contribution in [0.15, 0.2) is 163 Å². The van der Waals surface area contributed by atoms with Crippen molar-refractivity contribution in [2.24, 2.45) is 0 Å². The topological polar surface area (TPSA) is 0 Å². The van der Waals surface area contributed by atoms with Crippen LogP contribution in [0.1, 0.15) is 17.0 Å². The molecule has 2 aliphatic rings. The van der Waals surface area contributed by atoms with E-state index in [2.05, 4.69) is 158 Å². The van der Waals surface area contributed by atoms with Gasteiger partial charge in [-0.3, -0.25) is 0 Å². The third-order valence-corrected chi connectivity index (χ3v) is 11.3. The molecule has 0 radical (unpaired) electrons. The van der Waals surface area contributed by atoms with Crippen molar-refractivity contribution in [3.8, 4) is 11.1 Å². The Morgan fingerprint density at radius 1 is 0.422 bits per heavy atom. The van der Waals surface area contributed by atoms with E-state index in [1.54, 1.807) is 0 Å². The predicted molar refractivity (Wildman–Crippen MR) is 195 cm³/mol. The lowest BCUT2D eigenvalue weighted by Gasteiger charge is -2.21. The third-order valence-electron chi connectivity index (χ3n) is 9.97. The molecule has 8 aromatic carbocycles. The molecule has 0 nitrogen and oxygen atoms in total. The molecule has 45 heavy (non-hydrogen) atoms. The maximum Gasteiger partial charge on any atom is 0.0381 e. The normalized spacial score (nSPS) is 17.3. The highest BCUT2D eigenvalue weighted by Crippen LogP contribution is 2.51. The lowest BCUT2D eigenvalue weighted by Crippen LogP contribution is -2.09. The van der Waals surface area contributed by atoms with Gasteiger partial charge in [0.1, 0.15) is 0 Å². The molecular formula is C44H28S. The molecule has 2 atom stereocenters. The van der Waals surface area contributed by atoms with Gasteiger partial charge in [-0.15, -0.1) is 11.8 Å². The Bertz CT molecular complexity index is 2580. The molecule has 1 heterocycles. The number of allylic oxidation sites excluding steroid dienone is 3. The minimum absolute atomic E-state index is 0.404. The average molecular weight is 589 g/mol. The number of hydrogen-bond donors (Lipinski definition) is 0. The third kappa shape index (κ3) is 3.74. The molecule has 0 aromatic heterocycles. The molecule has 0 fully saturated rings.